The average molecular weight is 338 g/mol. The number of fused-ring (bicyclic) bond motifs is 3. The van der Waals surface area contributed by atoms with Crippen molar-refractivity contribution < 1.29 is 0 Å². The highest BCUT2D eigenvalue weighted by atomic mass is 15.3. The zero-order valence-electron chi connectivity index (χ0n) is 15.7. The van der Waals surface area contributed by atoms with Crippen molar-refractivity contribution in [3.05, 3.63) is 30.4 Å². The quantitative estimate of drug-likeness (QED) is 0.692. The summed E-state index contributed by atoms with van der Waals surface area (Å²) in [5.74, 6) is 2.15. The van der Waals surface area contributed by atoms with Crippen molar-refractivity contribution in [1.29, 1.82) is 0 Å². The molecule has 3 saturated carbocycles. The molecule has 25 heavy (non-hydrogen) atoms. The van der Waals surface area contributed by atoms with E-state index in [4.69, 9.17) is 0 Å². The summed E-state index contributed by atoms with van der Waals surface area (Å²) < 4.78 is 2.23. The van der Waals surface area contributed by atoms with Gasteiger partial charge in [0.1, 0.15) is 5.82 Å². The van der Waals surface area contributed by atoms with E-state index >= 15 is 0 Å². The molecule has 2 bridgehead atoms. The van der Waals surface area contributed by atoms with Gasteiger partial charge in [-0.05, 0) is 62.5 Å². The van der Waals surface area contributed by atoms with E-state index in [1.165, 1.54) is 70.0 Å². The van der Waals surface area contributed by atoms with E-state index in [9.17, 15) is 0 Å². The Bertz CT molecular complexity index is 694. The van der Waals surface area contributed by atoms with Gasteiger partial charge in [0.15, 0.2) is 5.82 Å². The molecule has 3 fully saturated rings. The molecule has 3 aliphatic rings. The first-order valence-corrected chi connectivity index (χ1v) is 9.98. The highest BCUT2D eigenvalue weighted by Crippen LogP contribution is 2.59. The van der Waals surface area contributed by atoms with Crippen molar-refractivity contribution in [2.45, 2.75) is 76.5 Å². The van der Waals surface area contributed by atoms with Crippen LogP contribution >= 0.6 is 0 Å². The lowest BCUT2D eigenvalue weighted by atomic mass is 9.52. The molecule has 0 amide bonds. The highest BCUT2D eigenvalue weighted by molar-refractivity contribution is 5.53. The number of pyridine rings is 1. The van der Waals surface area contributed by atoms with Gasteiger partial charge in [-0.3, -0.25) is 4.98 Å². The van der Waals surface area contributed by atoms with Gasteiger partial charge < -0.3 is 4.57 Å². The molecule has 5 rings (SSSR count). The van der Waals surface area contributed by atoms with Crippen LogP contribution in [0.4, 0.5) is 0 Å². The number of unbranched alkanes of at least 4 members (excludes halogenated alkanes) is 2. The Morgan fingerprint density at radius 3 is 2.44 bits per heavy atom. The molecular formula is C21H30N4. The Labute approximate surface area is 151 Å². The maximum atomic E-state index is 4.67. The molecule has 0 aromatic carbocycles. The first-order chi connectivity index (χ1) is 12.2. The summed E-state index contributed by atoms with van der Waals surface area (Å²) in [6, 6.07) is 4.03. The predicted molar refractivity (Wildman–Crippen MR) is 100 cm³/mol. The maximum Gasteiger partial charge on any atom is 0.165 e. The highest BCUT2D eigenvalue weighted by Gasteiger charge is 2.51. The van der Waals surface area contributed by atoms with E-state index in [0.29, 0.717) is 5.41 Å². The van der Waals surface area contributed by atoms with Crippen LogP contribution in [0.2, 0.25) is 0 Å². The van der Waals surface area contributed by atoms with Crippen LogP contribution < -0.4 is 0 Å². The Morgan fingerprint density at radius 1 is 1.04 bits per heavy atom. The van der Waals surface area contributed by atoms with Gasteiger partial charge in [-0.25, -0.2) is 0 Å². The van der Waals surface area contributed by atoms with E-state index in [1.54, 1.807) is 6.20 Å². The van der Waals surface area contributed by atoms with Gasteiger partial charge in [0.2, 0.25) is 0 Å². The number of hydrogen-bond acceptors (Lipinski definition) is 3. The molecule has 134 valence electrons. The van der Waals surface area contributed by atoms with Crippen LogP contribution in [0.5, 0.6) is 0 Å². The van der Waals surface area contributed by atoms with Gasteiger partial charge in [-0.1, -0.05) is 26.2 Å². The summed E-state index contributed by atoms with van der Waals surface area (Å²) >= 11 is 0. The Morgan fingerprint density at radius 2 is 1.80 bits per heavy atom. The minimum absolute atomic E-state index is 0.259. The van der Waals surface area contributed by atoms with E-state index in [-0.39, 0.29) is 5.41 Å². The molecule has 0 saturated heterocycles. The summed E-state index contributed by atoms with van der Waals surface area (Å²) in [7, 11) is 2.13. The molecule has 0 unspecified atom stereocenters. The summed E-state index contributed by atoms with van der Waals surface area (Å²) in [6.45, 7) is 2.30. The lowest BCUT2D eigenvalue weighted by Gasteiger charge is -2.53. The molecule has 0 radical (unpaired) electrons. The van der Waals surface area contributed by atoms with Gasteiger partial charge in [-0.2, -0.15) is 0 Å². The SMILES string of the molecule is CCCCCC12CCC(c3nnc(-c4cccnc4)n3C)(CC1)CC2. The van der Waals surface area contributed by atoms with Crippen molar-refractivity contribution in [2.24, 2.45) is 12.5 Å². The second-order valence-corrected chi connectivity index (χ2v) is 8.39. The van der Waals surface area contributed by atoms with Crippen LogP contribution in [-0.2, 0) is 12.5 Å². The molecule has 0 N–H and O–H groups in total. The average Bonchev–Trinajstić information content (AvgIpc) is 3.06. The third-order valence-electron chi connectivity index (χ3n) is 6.98. The van der Waals surface area contributed by atoms with Crippen LogP contribution in [-0.4, -0.2) is 19.7 Å². The van der Waals surface area contributed by atoms with Gasteiger partial charge >= 0.3 is 0 Å². The monoisotopic (exact) mass is 338 g/mol. The lowest BCUT2D eigenvalue weighted by molar-refractivity contribution is 0.0250. The molecule has 3 aliphatic carbocycles. The molecule has 2 heterocycles. The van der Waals surface area contributed by atoms with E-state index in [0.717, 1.165) is 11.4 Å². The van der Waals surface area contributed by atoms with Crippen LogP contribution in [0.1, 0.15) is 77.0 Å². The van der Waals surface area contributed by atoms with Crippen molar-refractivity contribution in [3.63, 3.8) is 0 Å². The standard InChI is InChI=1S/C21H30N4/c1-3-4-5-8-20-9-12-21(13-10-20,14-11-20)19-24-23-18(25(19)2)17-7-6-15-22-16-17/h6-7,15-16H,3-5,8-14H2,1-2H3. The zero-order chi connectivity index (χ0) is 17.3. The first-order valence-electron chi connectivity index (χ1n) is 9.98. The van der Waals surface area contributed by atoms with Gasteiger partial charge in [0, 0.05) is 30.4 Å². The third-order valence-corrected chi connectivity index (χ3v) is 6.98. The Hall–Kier alpha value is -1.71. The second kappa shape index (κ2) is 6.54. The smallest absolute Gasteiger partial charge is 0.165 e. The van der Waals surface area contributed by atoms with Crippen LogP contribution in [0.3, 0.4) is 0 Å². The predicted octanol–water partition coefficient (Wildman–Crippen LogP) is 5.05. The fraction of sp³-hybridized carbons (Fsp3) is 0.667. The summed E-state index contributed by atoms with van der Waals surface area (Å²) in [5.41, 5.74) is 1.96. The molecular weight excluding hydrogens is 308 g/mol. The van der Waals surface area contributed by atoms with Crippen molar-refractivity contribution in [3.8, 4) is 11.4 Å². The number of hydrogen-bond donors (Lipinski definition) is 0. The fourth-order valence-electron chi connectivity index (χ4n) is 5.26. The Balaban J connectivity index is 1.54. The maximum absolute atomic E-state index is 4.67. The molecule has 0 aliphatic heterocycles. The van der Waals surface area contributed by atoms with Crippen LogP contribution in [0, 0.1) is 5.41 Å². The van der Waals surface area contributed by atoms with Gasteiger partial charge in [0.05, 0.1) is 0 Å². The van der Waals surface area contributed by atoms with Gasteiger partial charge in [0.25, 0.3) is 0 Å². The molecule has 0 spiro atoms. The molecule has 4 nitrogen and oxygen atoms in total. The molecule has 0 atom stereocenters. The van der Waals surface area contributed by atoms with E-state index < -0.39 is 0 Å². The number of nitrogens with zero attached hydrogens (tertiary/aromatic N) is 4. The first kappa shape index (κ1) is 16.7. The normalized spacial score (nSPS) is 28.4. The summed E-state index contributed by atoms with van der Waals surface area (Å²) in [4.78, 5) is 4.23. The van der Waals surface area contributed by atoms with Crippen molar-refractivity contribution in [2.75, 3.05) is 0 Å². The van der Waals surface area contributed by atoms with Crippen molar-refractivity contribution >= 4 is 0 Å². The van der Waals surface area contributed by atoms with Gasteiger partial charge in [-0.15, -0.1) is 10.2 Å². The molecule has 2 aromatic heterocycles. The molecule has 2 aromatic rings. The summed E-state index contributed by atoms with van der Waals surface area (Å²) in [6.07, 6.45) is 17.3. The van der Waals surface area contributed by atoms with E-state index in [2.05, 4.69) is 39.8 Å². The zero-order valence-corrected chi connectivity index (χ0v) is 15.7. The fourth-order valence-corrected chi connectivity index (χ4v) is 5.26. The lowest BCUT2D eigenvalue weighted by Crippen LogP contribution is -2.45. The third kappa shape index (κ3) is 2.90. The minimum atomic E-state index is 0.259. The van der Waals surface area contributed by atoms with Crippen molar-refractivity contribution in [1.82, 2.24) is 19.7 Å². The summed E-state index contributed by atoms with van der Waals surface area (Å²) in [5, 5.41) is 9.19. The topological polar surface area (TPSA) is 43.6 Å². The van der Waals surface area contributed by atoms with Crippen LogP contribution in [0.25, 0.3) is 11.4 Å². The largest absolute Gasteiger partial charge is 0.314 e. The van der Waals surface area contributed by atoms with Crippen LogP contribution in [0.15, 0.2) is 24.5 Å². The second-order valence-electron chi connectivity index (χ2n) is 8.39. The number of aromatic nitrogens is 4. The van der Waals surface area contributed by atoms with E-state index in [1.807, 2.05) is 12.3 Å². The minimum Gasteiger partial charge on any atom is -0.314 e. The molecule has 4 heteroatoms. The Kier molecular flexibility index (Phi) is 4.38. The number of rotatable bonds is 6.